The van der Waals surface area contributed by atoms with Crippen LogP contribution in [0.15, 0.2) is 90.9 Å². The average Bonchev–Trinajstić information content (AvgIpc) is 3.59. The lowest BCUT2D eigenvalue weighted by molar-refractivity contribution is 0.181. The molecular weight excluding hydrogens is 539 g/mol. The summed E-state index contributed by atoms with van der Waals surface area (Å²) in [5.41, 5.74) is 6.92. The first-order valence-electron chi connectivity index (χ1n) is 15.3. The minimum absolute atomic E-state index is 0.00240. The first kappa shape index (κ1) is 27.4. The zero-order valence-electron chi connectivity index (χ0n) is 24.5. The second-order valence-corrected chi connectivity index (χ2v) is 12.3. The van der Waals surface area contributed by atoms with Gasteiger partial charge in [-0.15, -0.1) is 0 Å². The highest BCUT2D eigenvalue weighted by molar-refractivity contribution is 5.75. The number of allylic oxidation sites excluding steroid dienone is 1. The van der Waals surface area contributed by atoms with Crippen molar-refractivity contribution in [2.75, 3.05) is 31.1 Å². The summed E-state index contributed by atoms with van der Waals surface area (Å²) in [7, 11) is 0. The van der Waals surface area contributed by atoms with Crippen molar-refractivity contribution in [1.29, 1.82) is 0 Å². The fraction of sp³-hybridized carbons (Fsp3) is 0.343. The van der Waals surface area contributed by atoms with Gasteiger partial charge in [-0.25, -0.2) is 13.9 Å². The maximum atomic E-state index is 13.6. The summed E-state index contributed by atoms with van der Waals surface area (Å²) in [5.74, 6) is 0.164. The number of benzene rings is 2. The number of fused-ring (bicyclic) bond motifs is 2. The molecule has 3 unspecified atom stereocenters. The zero-order valence-corrected chi connectivity index (χ0v) is 24.5. The molecule has 0 spiro atoms. The van der Waals surface area contributed by atoms with E-state index in [1.165, 1.54) is 23.3 Å². The molecule has 4 aromatic rings. The van der Waals surface area contributed by atoms with Crippen LogP contribution in [0.4, 0.5) is 14.9 Å². The summed E-state index contributed by atoms with van der Waals surface area (Å²) in [6.45, 7) is 5.36. The predicted octanol–water partition coefficient (Wildman–Crippen LogP) is 6.43. The van der Waals surface area contributed by atoms with Crippen LogP contribution in [-0.4, -0.2) is 51.9 Å². The van der Waals surface area contributed by atoms with E-state index < -0.39 is 0 Å². The smallest absolute Gasteiger partial charge is 0.318 e. The van der Waals surface area contributed by atoms with Gasteiger partial charge in [-0.05, 0) is 90.6 Å². The maximum Gasteiger partial charge on any atom is 0.318 e. The molecule has 2 aliphatic carbocycles. The number of carbonyl (C=O) groups excluding carboxylic acids is 1. The van der Waals surface area contributed by atoms with Crippen molar-refractivity contribution in [3.05, 3.63) is 114 Å². The zero-order chi connectivity index (χ0) is 29.4. The second kappa shape index (κ2) is 11.3. The average molecular weight is 577 g/mol. The van der Waals surface area contributed by atoms with Crippen LogP contribution in [0.2, 0.25) is 0 Å². The Kier molecular flexibility index (Phi) is 7.21. The van der Waals surface area contributed by atoms with E-state index >= 15 is 0 Å². The third kappa shape index (κ3) is 5.31. The Morgan fingerprint density at radius 3 is 2.49 bits per heavy atom. The summed E-state index contributed by atoms with van der Waals surface area (Å²) in [6, 6.07) is 20.9. The van der Waals surface area contributed by atoms with E-state index in [9.17, 15) is 9.18 Å². The van der Waals surface area contributed by atoms with E-state index in [4.69, 9.17) is 0 Å². The molecule has 1 saturated heterocycles. The number of aromatic nitrogens is 3. The number of carbonyl (C=O) groups is 1. The molecule has 0 bridgehead atoms. The number of pyridine rings is 1. The van der Waals surface area contributed by atoms with Crippen molar-refractivity contribution in [3.63, 3.8) is 0 Å². The summed E-state index contributed by atoms with van der Waals surface area (Å²) in [6.07, 6.45) is 11.8. The van der Waals surface area contributed by atoms with Gasteiger partial charge in [0.15, 0.2) is 0 Å². The molecule has 1 aliphatic heterocycles. The summed E-state index contributed by atoms with van der Waals surface area (Å²) in [4.78, 5) is 22.0. The molecule has 0 radical (unpaired) electrons. The van der Waals surface area contributed by atoms with Gasteiger partial charge in [0, 0.05) is 44.3 Å². The highest BCUT2D eigenvalue weighted by Gasteiger charge is 2.46. The molecule has 7 rings (SSSR count). The third-order valence-electron chi connectivity index (χ3n) is 9.84. The number of hydrogen-bond donors (Lipinski definition) is 1. The summed E-state index contributed by atoms with van der Waals surface area (Å²) < 4.78 is 15.5. The van der Waals surface area contributed by atoms with Crippen LogP contribution in [0, 0.1) is 17.2 Å². The van der Waals surface area contributed by atoms with Gasteiger partial charge in [0.1, 0.15) is 5.82 Å². The van der Waals surface area contributed by atoms with Crippen LogP contribution in [0.5, 0.6) is 0 Å². The van der Waals surface area contributed by atoms with Gasteiger partial charge < -0.3 is 15.1 Å². The van der Waals surface area contributed by atoms with Gasteiger partial charge in [0.2, 0.25) is 0 Å². The van der Waals surface area contributed by atoms with Crippen molar-refractivity contribution in [2.24, 2.45) is 11.3 Å². The van der Waals surface area contributed by atoms with Gasteiger partial charge in [0.05, 0.1) is 23.6 Å². The van der Waals surface area contributed by atoms with Crippen LogP contribution in [-0.2, 0) is 6.42 Å². The number of hydrogen-bond acceptors (Lipinski definition) is 4. The number of nitrogens with one attached hydrogen (secondary N) is 1. The van der Waals surface area contributed by atoms with Gasteiger partial charge in [-0.3, -0.25) is 4.98 Å². The molecule has 3 heterocycles. The summed E-state index contributed by atoms with van der Waals surface area (Å²) in [5, 5.41) is 8.12. The lowest BCUT2D eigenvalue weighted by Crippen LogP contribution is -2.52. The van der Waals surface area contributed by atoms with Crippen molar-refractivity contribution >= 4 is 17.8 Å². The molecule has 3 aliphatic rings. The van der Waals surface area contributed by atoms with Crippen molar-refractivity contribution in [3.8, 4) is 5.69 Å². The monoisotopic (exact) mass is 576 g/mol. The van der Waals surface area contributed by atoms with Gasteiger partial charge >= 0.3 is 6.03 Å². The molecule has 2 fully saturated rings. The van der Waals surface area contributed by atoms with Crippen LogP contribution < -0.4 is 10.2 Å². The Bertz CT molecular complexity index is 1610. The number of amides is 2. The number of urea groups is 1. The lowest BCUT2D eigenvalue weighted by Gasteiger charge is -2.39. The van der Waals surface area contributed by atoms with E-state index in [0.717, 1.165) is 61.4 Å². The molecule has 3 atom stereocenters. The highest BCUT2D eigenvalue weighted by Crippen LogP contribution is 2.55. The standard InChI is InChI=1S/C35H37FN6O/c1-35-23-26-24-38-42(31-11-9-29(36)10-12-31)33(26)22-28(35)8-7-27(35)21-32(25-5-3-2-4-6-25)39-34(43)41-19-17-40(18-20-41)30-13-15-37-16-14-30/h2-6,9-16,22,24,27,32H,7-8,17-21,23H2,1H3,(H,39,43). The van der Waals surface area contributed by atoms with E-state index in [1.54, 1.807) is 12.1 Å². The van der Waals surface area contributed by atoms with Crippen LogP contribution >= 0.6 is 0 Å². The second-order valence-electron chi connectivity index (χ2n) is 12.3. The quantitative estimate of drug-likeness (QED) is 0.288. The Labute approximate surface area is 252 Å². The predicted molar refractivity (Wildman–Crippen MR) is 166 cm³/mol. The Morgan fingerprint density at radius 2 is 1.74 bits per heavy atom. The van der Waals surface area contributed by atoms with E-state index in [-0.39, 0.29) is 23.3 Å². The van der Waals surface area contributed by atoms with E-state index in [0.29, 0.717) is 19.0 Å². The number of halogens is 1. The molecule has 1 saturated carbocycles. The van der Waals surface area contributed by atoms with E-state index in [2.05, 4.69) is 57.6 Å². The maximum absolute atomic E-state index is 13.6. The number of rotatable bonds is 6. The fourth-order valence-electron chi connectivity index (χ4n) is 7.31. The molecular formula is C35H37FN6O. The Balaban J connectivity index is 1.07. The molecule has 2 aromatic heterocycles. The topological polar surface area (TPSA) is 66.3 Å². The van der Waals surface area contributed by atoms with Crippen molar-refractivity contribution < 1.29 is 9.18 Å². The van der Waals surface area contributed by atoms with Crippen LogP contribution in [0.25, 0.3) is 11.8 Å². The largest absolute Gasteiger partial charge is 0.368 e. The van der Waals surface area contributed by atoms with Crippen molar-refractivity contribution in [2.45, 2.75) is 38.6 Å². The molecule has 220 valence electrons. The first-order chi connectivity index (χ1) is 21.0. The van der Waals surface area contributed by atoms with E-state index in [1.807, 2.05) is 46.4 Å². The van der Waals surface area contributed by atoms with Gasteiger partial charge in [-0.1, -0.05) is 42.8 Å². The Hall–Kier alpha value is -4.46. The molecule has 8 heteroatoms. The van der Waals surface area contributed by atoms with Gasteiger partial charge in [0.25, 0.3) is 0 Å². The molecule has 2 aromatic carbocycles. The minimum Gasteiger partial charge on any atom is -0.368 e. The summed E-state index contributed by atoms with van der Waals surface area (Å²) >= 11 is 0. The molecule has 43 heavy (non-hydrogen) atoms. The normalized spacial score (nSPS) is 22.0. The Morgan fingerprint density at radius 1 is 1.00 bits per heavy atom. The number of piperazine rings is 1. The molecule has 1 N–H and O–H groups in total. The first-order valence-corrected chi connectivity index (χ1v) is 15.3. The van der Waals surface area contributed by atoms with Gasteiger partial charge in [-0.2, -0.15) is 5.10 Å². The van der Waals surface area contributed by atoms with Crippen molar-refractivity contribution in [1.82, 2.24) is 25.0 Å². The minimum atomic E-state index is -0.249. The fourth-order valence-corrected chi connectivity index (χ4v) is 7.31. The highest BCUT2D eigenvalue weighted by atomic mass is 19.1. The lowest BCUT2D eigenvalue weighted by atomic mass is 9.68. The molecule has 7 nitrogen and oxygen atoms in total. The number of nitrogens with zero attached hydrogens (tertiary/aromatic N) is 5. The SMILES string of the molecule is CC12Cc3cnn(-c4ccc(F)cc4)c3C=C1CCC2CC(NC(=O)N1CCN(c2ccncc2)CC1)c1ccccc1. The molecule has 2 amide bonds. The van der Waals surface area contributed by atoms with Crippen LogP contribution in [0.3, 0.4) is 0 Å². The van der Waals surface area contributed by atoms with Crippen LogP contribution in [0.1, 0.15) is 49.0 Å². The number of anilines is 1. The third-order valence-corrected chi connectivity index (χ3v) is 9.84.